The van der Waals surface area contributed by atoms with E-state index in [1.165, 1.54) is 0 Å². The summed E-state index contributed by atoms with van der Waals surface area (Å²) in [6.07, 6.45) is 6.78. The normalized spacial score (nSPS) is 10.6. The smallest absolute Gasteiger partial charge is 0.292 e. The van der Waals surface area contributed by atoms with Crippen molar-refractivity contribution in [3.05, 3.63) is 34.7 Å². The topological polar surface area (TPSA) is 26.9 Å². The summed E-state index contributed by atoms with van der Waals surface area (Å²) in [5.41, 5.74) is 2.06. The van der Waals surface area contributed by atoms with Crippen LogP contribution in [0.2, 0.25) is 0 Å². The van der Waals surface area contributed by atoms with Crippen molar-refractivity contribution in [2.24, 2.45) is 0 Å². The second-order valence-corrected chi connectivity index (χ2v) is 3.97. The molecule has 3 heteroatoms. The SMILES string of the molecule is C#CCCCn1c(=O)n(CC)c2ccccc21. The molecule has 0 spiro atoms. The van der Waals surface area contributed by atoms with Crippen LogP contribution in [0.5, 0.6) is 0 Å². The quantitative estimate of drug-likeness (QED) is 0.582. The number of nitrogens with zero attached hydrogens (tertiary/aromatic N) is 2. The molecular formula is C14H16N2O. The number of fused-ring (bicyclic) bond motifs is 1. The number of aromatic nitrogens is 2. The van der Waals surface area contributed by atoms with Crippen LogP contribution in [0.15, 0.2) is 29.1 Å². The third kappa shape index (κ3) is 1.99. The van der Waals surface area contributed by atoms with Gasteiger partial charge in [0.1, 0.15) is 0 Å². The molecule has 2 rings (SSSR count). The third-order valence-corrected chi connectivity index (χ3v) is 2.94. The first-order valence-corrected chi connectivity index (χ1v) is 5.91. The molecule has 0 saturated heterocycles. The lowest BCUT2D eigenvalue weighted by atomic mass is 10.3. The fourth-order valence-corrected chi connectivity index (χ4v) is 2.13. The molecule has 3 nitrogen and oxygen atoms in total. The third-order valence-electron chi connectivity index (χ3n) is 2.94. The Kier molecular flexibility index (Phi) is 3.34. The number of aryl methyl sites for hydroxylation is 2. The van der Waals surface area contributed by atoms with Crippen molar-refractivity contribution in [2.45, 2.75) is 32.9 Å². The van der Waals surface area contributed by atoms with E-state index in [1.54, 1.807) is 4.57 Å². The number of hydrogen-bond acceptors (Lipinski definition) is 1. The van der Waals surface area contributed by atoms with Gasteiger partial charge in [-0.3, -0.25) is 9.13 Å². The minimum absolute atomic E-state index is 0.0609. The molecule has 0 bridgehead atoms. The molecule has 0 saturated carbocycles. The van der Waals surface area contributed by atoms with Gasteiger partial charge in [0.2, 0.25) is 0 Å². The Labute approximate surface area is 101 Å². The predicted octanol–water partition coefficient (Wildman–Crippen LogP) is 2.24. The lowest BCUT2D eigenvalue weighted by Crippen LogP contribution is -2.23. The van der Waals surface area contributed by atoms with Crippen LogP contribution in [0.4, 0.5) is 0 Å². The lowest BCUT2D eigenvalue weighted by Gasteiger charge is -2.00. The highest BCUT2D eigenvalue weighted by Gasteiger charge is 2.10. The summed E-state index contributed by atoms with van der Waals surface area (Å²) in [5.74, 6) is 2.60. The van der Waals surface area contributed by atoms with E-state index in [1.807, 2.05) is 35.8 Å². The van der Waals surface area contributed by atoms with Crippen LogP contribution in [-0.2, 0) is 13.1 Å². The molecule has 1 heterocycles. The average Bonchev–Trinajstić information content (AvgIpc) is 2.62. The van der Waals surface area contributed by atoms with Crippen molar-refractivity contribution in [3.8, 4) is 12.3 Å². The standard InChI is InChI=1S/C14H16N2O/c1-3-5-8-11-16-13-10-7-6-9-12(13)15(4-2)14(16)17/h1,6-7,9-10H,4-5,8,11H2,2H3. The molecule has 0 aliphatic carbocycles. The number of rotatable bonds is 4. The Morgan fingerprint density at radius 3 is 2.47 bits per heavy atom. The molecular weight excluding hydrogens is 212 g/mol. The van der Waals surface area contributed by atoms with Gasteiger partial charge < -0.3 is 0 Å². The number of terminal acetylenes is 1. The maximum Gasteiger partial charge on any atom is 0.329 e. The van der Waals surface area contributed by atoms with E-state index < -0.39 is 0 Å². The maximum atomic E-state index is 12.2. The maximum absolute atomic E-state index is 12.2. The Balaban J connectivity index is 2.51. The first-order valence-electron chi connectivity index (χ1n) is 5.91. The Hall–Kier alpha value is -1.95. The predicted molar refractivity (Wildman–Crippen MR) is 69.9 cm³/mol. The molecule has 1 aromatic carbocycles. The van der Waals surface area contributed by atoms with Crippen LogP contribution >= 0.6 is 0 Å². The van der Waals surface area contributed by atoms with Crippen molar-refractivity contribution >= 4 is 11.0 Å². The molecule has 0 unspecified atom stereocenters. The summed E-state index contributed by atoms with van der Waals surface area (Å²) in [5, 5.41) is 0. The van der Waals surface area contributed by atoms with Crippen molar-refractivity contribution in [1.82, 2.24) is 9.13 Å². The number of unbranched alkanes of at least 4 members (excludes halogenated alkanes) is 1. The molecule has 0 amide bonds. The van der Waals surface area contributed by atoms with Crippen LogP contribution in [0.3, 0.4) is 0 Å². The van der Waals surface area contributed by atoms with Crippen molar-refractivity contribution in [2.75, 3.05) is 0 Å². The van der Waals surface area contributed by atoms with Gasteiger partial charge in [0, 0.05) is 19.5 Å². The zero-order valence-electron chi connectivity index (χ0n) is 10.0. The first kappa shape index (κ1) is 11.5. The van der Waals surface area contributed by atoms with E-state index in [-0.39, 0.29) is 5.69 Å². The van der Waals surface area contributed by atoms with Crippen molar-refractivity contribution in [3.63, 3.8) is 0 Å². The largest absolute Gasteiger partial charge is 0.329 e. The molecule has 1 aromatic heterocycles. The monoisotopic (exact) mass is 228 g/mol. The van der Waals surface area contributed by atoms with E-state index >= 15 is 0 Å². The van der Waals surface area contributed by atoms with Gasteiger partial charge in [-0.1, -0.05) is 12.1 Å². The summed E-state index contributed by atoms with van der Waals surface area (Å²) in [6, 6.07) is 7.88. The van der Waals surface area contributed by atoms with E-state index in [9.17, 15) is 4.79 Å². The molecule has 17 heavy (non-hydrogen) atoms. The van der Waals surface area contributed by atoms with E-state index in [0.29, 0.717) is 19.5 Å². The number of para-hydroxylation sites is 2. The number of hydrogen-bond donors (Lipinski definition) is 0. The summed E-state index contributed by atoms with van der Waals surface area (Å²) in [7, 11) is 0. The van der Waals surface area contributed by atoms with Gasteiger partial charge in [0.15, 0.2) is 0 Å². The summed E-state index contributed by atoms with van der Waals surface area (Å²) < 4.78 is 3.61. The van der Waals surface area contributed by atoms with Crippen LogP contribution in [0.25, 0.3) is 11.0 Å². The molecule has 0 atom stereocenters. The van der Waals surface area contributed by atoms with E-state index in [2.05, 4.69) is 5.92 Å². The van der Waals surface area contributed by atoms with E-state index in [4.69, 9.17) is 6.42 Å². The second kappa shape index (κ2) is 4.92. The second-order valence-electron chi connectivity index (χ2n) is 3.97. The highest BCUT2D eigenvalue weighted by Crippen LogP contribution is 2.13. The van der Waals surface area contributed by atoms with Crippen LogP contribution in [0.1, 0.15) is 19.8 Å². The molecule has 0 radical (unpaired) electrons. The molecule has 0 fully saturated rings. The van der Waals surface area contributed by atoms with Gasteiger partial charge in [0.05, 0.1) is 11.0 Å². The molecule has 0 N–H and O–H groups in total. The van der Waals surface area contributed by atoms with Crippen LogP contribution < -0.4 is 5.69 Å². The van der Waals surface area contributed by atoms with Gasteiger partial charge in [-0.25, -0.2) is 4.79 Å². The zero-order valence-corrected chi connectivity index (χ0v) is 10.0. The molecule has 0 aliphatic rings. The molecule has 2 aromatic rings. The zero-order chi connectivity index (χ0) is 12.3. The highest BCUT2D eigenvalue weighted by atomic mass is 16.1. The Morgan fingerprint density at radius 2 is 1.88 bits per heavy atom. The summed E-state index contributed by atoms with van der Waals surface area (Å²) >= 11 is 0. The number of imidazole rings is 1. The fraction of sp³-hybridized carbons (Fsp3) is 0.357. The first-order chi connectivity index (χ1) is 8.29. The van der Waals surface area contributed by atoms with Gasteiger partial charge in [0.25, 0.3) is 0 Å². The van der Waals surface area contributed by atoms with Crippen molar-refractivity contribution in [1.29, 1.82) is 0 Å². The van der Waals surface area contributed by atoms with Gasteiger partial charge in [-0.2, -0.15) is 0 Å². The number of benzene rings is 1. The highest BCUT2D eigenvalue weighted by molar-refractivity contribution is 5.75. The van der Waals surface area contributed by atoms with E-state index in [0.717, 1.165) is 17.5 Å². The summed E-state index contributed by atoms with van der Waals surface area (Å²) in [4.78, 5) is 12.2. The lowest BCUT2D eigenvalue weighted by molar-refractivity contribution is 0.617. The molecule has 0 aliphatic heterocycles. The fourth-order valence-electron chi connectivity index (χ4n) is 2.13. The average molecular weight is 228 g/mol. The van der Waals surface area contributed by atoms with Crippen LogP contribution in [0, 0.1) is 12.3 Å². The van der Waals surface area contributed by atoms with Gasteiger partial charge in [-0.15, -0.1) is 12.3 Å². The minimum Gasteiger partial charge on any atom is -0.292 e. The van der Waals surface area contributed by atoms with Gasteiger partial charge in [-0.05, 0) is 25.5 Å². The minimum atomic E-state index is 0.0609. The Bertz CT molecular complexity index is 613. The summed E-state index contributed by atoms with van der Waals surface area (Å²) in [6.45, 7) is 3.37. The Morgan fingerprint density at radius 1 is 1.24 bits per heavy atom. The molecule has 88 valence electrons. The van der Waals surface area contributed by atoms with Gasteiger partial charge >= 0.3 is 5.69 Å². The van der Waals surface area contributed by atoms with Crippen LogP contribution in [-0.4, -0.2) is 9.13 Å². The van der Waals surface area contributed by atoms with Crippen molar-refractivity contribution < 1.29 is 0 Å².